The summed E-state index contributed by atoms with van der Waals surface area (Å²) in [5.41, 5.74) is 2.79. The second-order valence-electron chi connectivity index (χ2n) is 6.72. The van der Waals surface area contributed by atoms with Gasteiger partial charge >= 0.3 is 5.97 Å². The Morgan fingerprint density at radius 3 is 2.36 bits per heavy atom. The molecule has 0 saturated heterocycles. The van der Waals surface area contributed by atoms with Crippen molar-refractivity contribution in [2.75, 3.05) is 7.11 Å². The molecule has 4 nitrogen and oxygen atoms in total. The molecule has 1 amide bonds. The lowest BCUT2D eigenvalue weighted by atomic mass is 9.95. The third kappa shape index (κ3) is 3.16. The highest BCUT2D eigenvalue weighted by Crippen LogP contribution is 2.39. The summed E-state index contributed by atoms with van der Waals surface area (Å²) in [6, 6.07) is 16.9. The Labute approximate surface area is 148 Å². The van der Waals surface area contributed by atoms with Gasteiger partial charge in [0.1, 0.15) is 6.04 Å². The van der Waals surface area contributed by atoms with Gasteiger partial charge in [-0.1, -0.05) is 62.4 Å². The van der Waals surface area contributed by atoms with Gasteiger partial charge in [-0.15, -0.1) is 0 Å². The highest BCUT2D eigenvalue weighted by atomic mass is 16.5. The molecular weight excluding hydrogens is 314 g/mol. The van der Waals surface area contributed by atoms with Crippen LogP contribution < -0.4 is 0 Å². The fraction of sp³-hybridized carbons (Fsp3) is 0.333. The molecule has 2 aromatic carbocycles. The quantitative estimate of drug-likeness (QED) is 0.783. The van der Waals surface area contributed by atoms with Crippen molar-refractivity contribution in [2.45, 2.75) is 32.4 Å². The average Bonchev–Trinajstić information content (AvgIpc) is 2.89. The number of hydrogen-bond donors (Lipinski definition) is 0. The van der Waals surface area contributed by atoms with Crippen LogP contribution in [0, 0.1) is 5.92 Å². The maximum absolute atomic E-state index is 13.1. The number of carbonyl (C=O) groups is 2. The highest BCUT2D eigenvalue weighted by Gasteiger charge is 2.44. The molecule has 0 N–H and O–H groups in total. The predicted octanol–water partition coefficient (Wildman–Crippen LogP) is 3.62. The van der Waals surface area contributed by atoms with E-state index in [-0.39, 0.29) is 23.8 Å². The summed E-state index contributed by atoms with van der Waals surface area (Å²) in [5.74, 6) is -0.501. The summed E-state index contributed by atoms with van der Waals surface area (Å²) in [5, 5.41) is 0. The van der Waals surface area contributed by atoms with Gasteiger partial charge in [0.25, 0.3) is 5.91 Å². The molecule has 1 aliphatic rings. The Morgan fingerprint density at radius 2 is 1.72 bits per heavy atom. The van der Waals surface area contributed by atoms with E-state index in [0.717, 1.165) is 11.1 Å². The minimum Gasteiger partial charge on any atom is -0.467 e. The molecule has 4 heteroatoms. The van der Waals surface area contributed by atoms with Crippen LogP contribution in [0.2, 0.25) is 0 Å². The number of hydrogen-bond acceptors (Lipinski definition) is 3. The Bertz CT molecular complexity index is 770. The van der Waals surface area contributed by atoms with Crippen LogP contribution in [-0.4, -0.2) is 29.9 Å². The van der Waals surface area contributed by atoms with Crippen LogP contribution in [0.5, 0.6) is 0 Å². The standard InChI is InChI=1S/C21H23NO3/c1-14(2)19(21(24)25-3)22-18(13-15-9-5-4-6-10-15)16-11-7-8-12-17(16)20(22)23/h4-12,14,18-19H,13H2,1-3H3/t18-,19-/m0/s1. The number of esters is 1. The fourth-order valence-corrected chi connectivity index (χ4v) is 3.61. The zero-order valence-corrected chi connectivity index (χ0v) is 14.8. The highest BCUT2D eigenvalue weighted by molar-refractivity contribution is 6.01. The van der Waals surface area contributed by atoms with E-state index < -0.39 is 6.04 Å². The van der Waals surface area contributed by atoms with Gasteiger partial charge < -0.3 is 9.64 Å². The molecular formula is C21H23NO3. The average molecular weight is 337 g/mol. The van der Waals surface area contributed by atoms with E-state index in [1.807, 2.05) is 68.4 Å². The van der Waals surface area contributed by atoms with Crippen LogP contribution in [0.25, 0.3) is 0 Å². The van der Waals surface area contributed by atoms with Crippen molar-refractivity contribution in [2.24, 2.45) is 5.92 Å². The van der Waals surface area contributed by atoms with Crippen molar-refractivity contribution in [3.8, 4) is 0 Å². The first-order valence-corrected chi connectivity index (χ1v) is 8.58. The molecule has 0 aliphatic carbocycles. The van der Waals surface area contributed by atoms with Crippen molar-refractivity contribution in [1.82, 2.24) is 4.90 Å². The number of carbonyl (C=O) groups excluding carboxylic acids is 2. The van der Waals surface area contributed by atoms with Crippen molar-refractivity contribution in [3.05, 3.63) is 71.3 Å². The van der Waals surface area contributed by atoms with E-state index in [9.17, 15) is 9.59 Å². The minimum absolute atomic E-state index is 0.0380. The van der Waals surface area contributed by atoms with Gasteiger partial charge in [0, 0.05) is 5.56 Å². The van der Waals surface area contributed by atoms with Gasteiger partial charge in [-0.25, -0.2) is 4.79 Å². The first-order valence-electron chi connectivity index (χ1n) is 8.58. The number of rotatable bonds is 5. The molecule has 3 rings (SSSR count). The lowest BCUT2D eigenvalue weighted by Crippen LogP contribution is -2.47. The van der Waals surface area contributed by atoms with Crippen LogP contribution in [0.1, 0.15) is 41.4 Å². The molecule has 0 radical (unpaired) electrons. The monoisotopic (exact) mass is 337 g/mol. The summed E-state index contributed by atoms with van der Waals surface area (Å²) in [6.07, 6.45) is 0.670. The van der Waals surface area contributed by atoms with Gasteiger partial charge in [0.2, 0.25) is 0 Å². The predicted molar refractivity (Wildman–Crippen MR) is 96.1 cm³/mol. The summed E-state index contributed by atoms with van der Waals surface area (Å²) < 4.78 is 5.00. The third-order valence-electron chi connectivity index (χ3n) is 4.77. The van der Waals surface area contributed by atoms with E-state index in [1.165, 1.54) is 7.11 Å². The normalized spacial score (nSPS) is 17.5. The van der Waals surface area contributed by atoms with E-state index >= 15 is 0 Å². The number of ether oxygens (including phenoxy) is 1. The molecule has 130 valence electrons. The Morgan fingerprint density at radius 1 is 1.08 bits per heavy atom. The number of benzene rings is 2. The van der Waals surface area contributed by atoms with Crippen LogP contribution in [0.15, 0.2) is 54.6 Å². The molecule has 0 aromatic heterocycles. The van der Waals surface area contributed by atoms with Gasteiger partial charge in [-0.05, 0) is 29.5 Å². The molecule has 0 bridgehead atoms. The van der Waals surface area contributed by atoms with Crippen molar-refractivity contribution in [1.29, 1.82) is 0 Å². The molecule has 25 heavy (non-hydrogen) atoms. The second kappa shape index (κ2) is 7.09. The van der Waals surface area contributed by atoms with Gasteiger partial charge in [-0.3, -0.25) is 4.79 Å². The first kappa shape index (κ1) is 17.2. The maximum Gasteiger partial charge on any atom is 0.328 e. The number of amides is 1. The maximum atomic E-state index is 13.1. The number of fused-ring (bicyclic) bond motifs is 1. The lowest BCUT2D eigenvalue weighted by Gasteiger charge is -2.34. The van der Waals surface area contributed by atoms with Crippen molar-refractivity contribution >= 4 is 11.9 Å². The SMILES string of the molecule is COC(=O)[C@H](C(C)C)N1C(=O)c2ccccc2[C@@H]1Cc1ccccc1. The molecule has 0 spiro atoms. The molecule has 0 unspecified atom stereocenters. The summed E-state index contributed by atoms with van der Waals surface area (Å²) in [6.45, 7) is 3.88. The van der Waals surface area contributed by atoms with E-state index in [4.69, 9.17) is 4.74 Å². The van der Waals surface area contributed by atoms with Crippen molar-refractivity contribution in [3.63, 3.8) is 0 Å². The summed E-state index contributed by atoms with van der Waals surface area (Å²) in [7, 11) is 1.37. The molecule has 2 aromatic rings. The van der Waals surface area contributed by atoms with E-state index in [0.29, 0.717) is 12.0 Å². The van der Waals surface area contributed by atoms with Crippen molar-refractivity contribution < 1.29 is 14.3 Å². The number of nitrogens with zero attached hydrogens (tertiary/aromatic N) is 1. The molecule has 1 aliphatic heterocycles. The van der Waals surface area contributed by atoms with Crippen LogP contribution in [0.3, 0.4) is 0 Å². The van der Waals surface area contributed by atoms with Gasteiger partial charge in [0.05, 0.1) is 13.2 Å². The Kier molecular flexibility index (Phi) is 4.88. The summed E-state index contributed by atoms with van der Waals surface area (Å²) >= 11 is 0. The Hall–Kier alpha value is -2.62. The topological polar surface area (TPSA) is 46.6 Å². The Balaban J connectivity index is 2.05. The van der Waals surface area contributed by atoms with Crippen LogP contribution >= 0.6 is 0 Å². The first-order chi connectivity index (χ1) is 12.0. The van der Waals surface area contributed by atoms with Crippen LogP contribution in [-0.2, 0) is 16.0 Å². The molecule has 2 atom stereocenters. The molecule has 0 fully saturated rings. The third-order valence-corrected chi connectivity index (χ3v) is 4.77. The fourth-order valence-electron chi connectivity index (χ4n) is 3.61. The molecule has 1 heterocycles. The van der Waals surface area contributed by atoms with Gasteiger partial charge in [-0.2, -0.15) is 0 Å². The van der Waals surface area contributed by atoms with Crippen LogP contribution in [0.4, 0.5) is 0 Å². The van der Waals surface area contributed by atoms with E-state index in [2.05, 4.69) is 0 Å². The number of methoxy groups -OCH3 is 1. The van der Waals surface area contributed by atoms with Gasteiger partial charge in [0.15, 0.2) is 0 Å². The lowest BCUT2D eigenvalue weighted by molar-refractivity contribution is -0.148. The molecule has 0 saturated carbocycles. The summed E-state index contributed by atoms with van der Waals surface area (Å²) in [4.78, 5) is 27.2. The van der Waals surface area contributed by atoms with E-state index in [1.54, 1.807) is 4.90 Å². The largest absolute Gasteiger partial charge is 0.467 e. The second-order valence-corrected chi connectivity index (χ2v) is 6.72. The zero-order valence-electron chi connectivity index (χ0n) is 14.8. The zero-order chi connectivity index (χ0) is 18.0. The smallest absolute Gasteiger partial charge is 0.328 e. The minimum atomic E-state index is -0.599.